The molecule has 2 N–H and O–H groups in total. The maximum Gasteiger partial charge on any atom is 0.337 e. The van der Waals surface area contributed by atoms with Gasteiger partial charge >= 0.3 is 11.9 Å². The van der Waals surface area contributed by atoms with Crippen molar-refractivity contribution in [2.75, 3.05) is 20.3 Å². The molecule has 2 aliphatic heterocycles. The largest absolute Gasteiger partial charge is 0.480 e. The average Bonchev–Trinajstić information content (AvgIpc) is 2.88. The van der Waals surface area contributed by atoms with E-state index in [0.717, 1.165) is 5.56 Å². The molecule has 0 aliphatic carbocycles. The molecule has 2 saturated heterocycles. The number of rotatable bonds is 8. The lowest BCUT2D eigenvalue weighted by Crippen LogP contribution is -2.68. The van der Waals surface area contributed by atoms with E-state index >= 15 is 0 Å². The summed E-state index contributed by atoms with van der Waals surface area (Å²) in [6, 6.07) is 14.5. The Kier molecular flexibility index (Phi) is 8.16. The number of benzene rings is 2. The second-order valence-electron chi connectivity index (χ2n) is 8.25. The van der Waals surface area contributed by atoms with Gasteiger partial charge < -0.3 is 38.8 Å². The SMILES string of the molecule is COC(=O)c1ccc(OC2OC3COC(c4ccccc4)OC3C(OCC(=O)O)C2NC(C)=O)cc1. The Morgan fingerprint density at radius 2 is 1.78 bits per heavy atom. The number of methoxy groups -OCH3 is 1. The molecule has 2 aromatic rings. The molecule has 36 heavy (non-hydrogen) atoms. The number of hydrogen-bond donors (Lipinski definition) is 2. The summed E-state index contributed by atoms with van der Waals surface area (Å²) in [5.41, 5.74) is 1.10. The van der Waals surface area contributed by atoms with E-state index < -0.39 is 61.4 Å². The number of aliphatic carboxylic acids is 1. The van der Waals surface area contributed by atoms with E-state index in [9.17, 15) is 19.5 Å². The third-order valence-corrected chi connectivity index (χ3v) is 5.71. The average molecular weight is 501 g/mol. The van der Waals surface area contributed by atoms with Crippen LogP contribution in [0.4, 0.5) is 0 Å². The lowest BCUT2D eigenvalue weighted by molar-refractivity contribution is -0.337. The van der Waals surface area contributed by atoms with Crippen LogP contribution in [0.5, 0.6) is 5.75 Å². The molecule has 0 saturated carbocycles. The maximum absolute atomic E-state index is 12.1. The van der Waals surface area contributed by atoms with Gasteiger partial charge in [0, 0.05) is 12.5 Å². The highest BCUT2D eigenvalue weighted by atomic mass is 16.8. The molecule has 4 rings (SSSR count). The fourth-order valence-corrected chi connectivity index (χ4v) is 4.13. The predicted octanol–water partition coefficient (Wildman–Crippen LogP) is 1.67. The van der Waals surface area contributed by atoms with Crippen molar-refractivity contribution < 1.29 is 47.9 Å². The van der Waals surface area contributed by atoms with Gasteiger partial charge in [-0.15, -0.1) is 0 Å². The molecule has 192 valence electrons. The molecule has 2 aliphatic rings. The van der Waals surface area contributed by atoms with Crippen molar-refractivity contribution in [1.82, 2.24) is 5.32 Å². The summed E-state index contributed by atoms with van der Waals surface area (Å²) < 4.78 is 34.6. The number of ether oxygens (including phenoxy) is 6. The van der Waals surface area contributed by atoms with Gasteiger partial charge in [0.25, 0.3) is 0 Å². The molecule has 0 radical (unpaired) electrons. The summed E-state index contributed by atoms with van der Waals surface area (Å²) in [5.74, 6) is -1.73. The Bertz CT molecular complexity index is 1060. The molecule has 2 heterocycles. The van der Waals surface area contributed by atoms with E-state index in [0.29, 0.717) is 11.3 Å². The normalized spacial score (nSPS) is 27.4. The number of nitrogens with one attached hydrogen (secondary N) is 1. The second kappa shape index (κ2) is 11.5. The molecule has 2 fully saturated rings. The second-order valence-corrected chi connectivity index (χ2v) is 8.25. The summed E-state index contributed by atoms with van der Waals surface area (Å²) >= 11 is 0. The molecule has 6 atom stereocenters. The minimum Gasteiger partial charge on any atom is -0.480 e. The lowest BCUT2D eigenvalue weighted by Gasteiger charge is -2.49. The lowest BCUT2D eigenvalue weighted by atomic mass is 9.95. The number of fused-ring (bicyclic) bond motifs is 1. The van der Waals surface area contributed by atoms with Gasteiger partial charge in [-0.05, 0) is 24.3 Å². The highest BCUT2D eigenvalue weighted by Gasteiger charge is 2.52. The molecule has 1 amide bonds. The quantitative estimate of drug-likeness (QED) is 0.514. The van der Waals surface area contributed by atoms with Crippen LogP contribution in [0.1, 0.15) is 29.1 Å². The predicted molar refractivity (Wildman–Crippen MR) is 122 cm³/mol. The minimum atomic E-state index is -1.18. The zero-order valence-electron chi connectivity index (χ0n) is 19.7. The van der Waals surface area contributed by atoms with Crippen molar-refractivity contribution >= 4 is 17.8 Å². The first-order chi connectivity index (χ1) is 17.4. The van der Waals surface area contributed by atoms with Gasteiger partial charge in [-0.1, -0.05) is 30.3 Å². The van der Waals surface area contributed by atoms with Crippen LogP contribution < -0.4 is 10.1 Å². The third kappa shape index (κ3) is 6.00. The number of carboxylic acids is 1. The van der Waals surface area contributed by atoms with Gasteiger partial charge in [-0.25, -0.2) is 9.59 Å². The Morgan fingerprint density at radius 1 is 1.06 bits per heavy atom. The van der Waals surface area contributed by atoms with E-state index in [1.165, 1.54) is 26.2 Å². The molecular formula is C25H27NO10. The van der Waals surface area contributed by atoms with E-state index in [2.05, 4.69) is 5.32 Å². The molecule has 11 nitrogen and oxygen atoms in total. The van der Waals surface area contributed by atoms with Crippen LogP contribution in [0, 0.1) is 0 Å². The molecular weight excluding hydrogens is 474 g/mol. The molecule has 11 heteroatoms. The molecule has 0 bridgehead atoms. The van der Waals surface area contributed by atoms with Crippen LogP contribution in [0.3, 0.4) is 0 Å². The molecule has 2 aromatic carbocycles. The number of amides is 1. The van der Waals surface area contributed by atoms with Crippen LogP contribution in [0.15, 0.2) is 54.6 Å². The van der Waals surface area contributed by atoms with Crippen molar-refractivity contribution in [2.24, 2.45) is 0 Å². The Labute approximate surface area is 207 Å². The summed E-state index contributed by atoms with van der Waals surface area (Å²) in [5, 5.41) is 12.0. The fourth-order valence-electron chi connectivity index (χ4n) is 4.13. The number of carbonyl (C=O) groups excluding carboxylic acids is 2. The monoisotopic (exact) mass is 501 g/mol. The van der Waals surface area contributed by atoms with Crippen LogP contribution in [0.2, 0.25) is 0 Å². The van der Waals surface area contributed by atoms with Gasteiger partial charge in [0.1, 0.15) is 36.7 Å². The van der Waals surface area contributed by atoms with E-state index in [4.69, 9.17) is 28.4 Å². The van der Waals surface area contributed by atoms with Crippen molar-refractivity contribution in [2.45, 2.75) is 43.9 Å². The summed E-state index contributed by atoms with van der Waals surface area (Å²) in [6.07, 6.45) is -4.17. The summed E-state index contributed by atoms with van der Waals surface area (Å²) in [4.78, 5) is 35.1. The van der Waals surface area contributed by atoms with Gasteiger partial charge in [0.2, 0.25) is 12.2 Å². The van der Waals surface area contributed by atoms with Crippen molar-refractivity contribution in [3.63, 3.8) is 0 Å². The molecule has 0 spiro atoms. The van der Waals surface area contributed by atoms with E-state index in [-0.39, 0.29) is 6.61 Å². The van der Waals surface area contributed by atoms with Crippen LogP contribution in [-0.4, -0.2) is 73.9 Å². The number of carboxylic acid groups (broad SMARTS) is 1. The topological polar surface area (TPSA) is 139 Å². The zero-order valence-corrected chi connectivity index (χ0v) is 19.7. The van der Waals surface area contributed by atoms with Crippen LogP contribution in [-0.2, 0) is 33.3 Å². The molecule has 6 unspecified atom stereocenters. The first-order valence-corrected chi connectivity index (χ1v) is 11.3. The molecule has 0 aromatic heterocycles. The fraction of sp³-hybridized carbons (Fsp3) is 0.400. The number of hydrogen-bond acceptors (Lipinski definition) is 9. The smallest absolute Gasteiger partial charge is 0.337 e. The van der Waals surface area contributed by atoms with E-state index in [1.807, 2.05) is 30.3 Å². The van der Waals surface area contributed by atoms with Crippen LogP contribution >= 0.6 is 0 Å². The standard InChI is InChI=1S/C25H27NO10/c1-14(27)26-20-22(32-13-19(28)29)21-18(12-33-24(36-21)16-6-4-3-5-7-16)35-25(20)34-17-10-8-15(9-11-17)23(30)31-2/h3-11,18,20-22,24-25H,12-13H2,1-2H3,(H,26,27)(H,28,29). The van der Waals surface area contributed by atoms with Crippen molar-refractivity contribution in [1.29, 1.82) is 0 Å². The summed E-state index contributed by atoms with van der Waals surface area (Å²) in [7, 11) is 1.28. The highest BCUT2D eigenvalue weighted by molar-refractivity contribution is 5.89. The maximum atomic E-state index is 12.1. The zero-order chi connectivity index (χ0) is 25.7. The first-order valence-electron chi connectivity index (χ1n) is 11.3. The Hall–Kier alpha value is -3.51. The summed E-state index contributed by atoms with van der Waals surface area (Å²) in [6.45, 7) is 0.815. The Morgan fingerprint density at radius 3 is 2.42 bits per heavy atom. The highest BCUT2D eigenvalue weighted by Crippen LogP contribution is 2.36. The van der Waals surface area contributed by atoms with Gasteiger partial charge in [0.15, 0.2) is 6.29 Å². The van der Waals surface area contributed by atoms with Crippen molar-refractivity contribution in [3.8, 4) is 5.75 Å². The van der Waals surface area contributed by atoms with Gasteiger partial charge in [0.05, 0.1) is 19.3 Å². The Balaban J connectivity index is 1.59. The van der Waals surface area contributed by atoms with Crippen molar-refractivity contribution in [3.05, 3.63) is 65.7 Å². The minimum absolute atomic E-state index is 0.116. The third-order valence-electron chi connectivity index (χ3n) is 5.71. The number of carbonyl (C=O) groups is 3. The van der Waals surface area contributed by atoms with Gasteiger partial charge in [-0.2, -0.15) is 0 Å². The van der Waals surface area contributed by atoms with E-state index in [1.54, 1.807) is 12.1 Å². The number of esters is 1. The van der Waals surface area contributed by atoms with Gasteiger partial charge in [-0.3, -0.25) is 4.79 Å². The van der Waals surface area contributed by atoms with Crippen LogP contribution in [0.25, 0.3) is 0 Å². The first kappa shape index (κ1) is 25.6.